The maximum atomic E-state index is 4.52. The summed E-state index contributed by atoms with van der Waals surface area (Å²) in [6, 6.07) is 0. The first-order chi connectivity index (χ1) is 9.15. The molecule has 0 aliphatic carbocycles. The van der Waals surface area contributed by atoms with Crippen molar-refractivity contribution in [3.63, 3.8) is 0 Å². The fraction of sp³-hybridized carbons (Fsp3) is 0.333. The van der Waals surface area contributed by atoms with Gasteiger partial charge in [0, 0.05) is 11.9 Å². The zero-order chi connectivity index (χ0) is 13.4. The lowest BCUT2D eigenvalue weighted by Gasteiger charge is -2.18. The van der Waals surface area contributed by atoms with Gasteiger partial charge in [-0.15, -0.1) is 11.3 Å². The van der Waals surface area contributed by atoms with Gasteiger partial charge in [-0.1, -0.05) is 0 Å². The third kappa shape index (κ3) is 2.17. The summed E-state index contributed by atoms with van der Waals surface area (Å²) in [4.78, 5) is 16.5. The van der Waals surface area contributed by atoms with Crippen LogP contribution in [0.2, 0.25) is 0 Å². The Morgan fingerprint density at radius 3 is 2.89 bits per heavy atom. The zero-order valence-corrected chi connectivity index (χ0v) is 11.8. The van der Waals surface area contributed by atoms with Crippen molar-refractivity contribution in [3.8, 4) is 0 Å². The predicted molar refractivity (Wildman–Crippen MR) is 75.4 cm³/mol. The van der Waals surface area contributed by atoms with Gasteiger partial charge in [-0.2, -0.15) is 5.10 Å². The van der Waals surface area contributed by atoms with Crippen molar-refractivity contribution in [2.45, 2.75) is 20.4 Å². The van der Waals surface area contributed by atoms with Crippen molar-refractivity contribution in [3.05, 3.63) is 28.1 Å². The maximum Gasteiger partial charge on any atom is 0.161 e. The summed E-state index contributed by atoms with van der Waals surface area (Å²) in [5.74, 6) is 1.63. The molecule has 0 saturated carbocycles. The van der Waals surface area contributed by atoms with Gasteiger partial charge in [0.15, 0.2) is 5.65 Å². The number of rotatable bonds is 3. The Hall–Kier alpha value is -2.02. The van der Waals surface area contributed by atoms with E-state index in [1.54, 1.807) is 17.5 Å². The van der Waals surface area contributed by atoms with Crippen LogP contribution < -0.4 is 4.90 Å². The lowest BCUT2D eigenvalue weighted by atomic mass is 10.3. The molecule has 0 bridgehead atoms. The molecule has 0 unspecified atom stereocenters. The number of H-pyrrole nitrogens is 1. The van der Waals surface area contributed by atoms with Gasteiger partial charge >= 0.3 is 0 Å². The van der Waals surface area contributed by atoms with E-state index >= 15 is 0 Å². The summed E-state index contributed by atoms with van der Waals surface area (Å²) in [6.45, 7) is 4.70. The number of aromatic nitrogens is 5. The molecule has 0 aliphatic rings. The van der Waals surface area contributed by atoms with Crippen LogP contribution in [0.4, 0.5) is 5.82 Å². The van der Waals surface area contributed by atoms with Crippen molar-refractivity contribution < 1.29 is 0 Å². The van der Waals surface area contributed by atoms with E-state index in [9.17, 15) is 0 Å². The second kappa shape index (κ2) is 4.58. The fourth-order valence-corrected chi connectivity index (χ4v) is 2.82. The molecule has 7 heteroatoms. The molecule has 6 nitrogen and oxygen atoms in total. The Kier molecular flexibility index (Phi) is 2.90. The standard InChI is InChI=1S/C12H14N6S/c1-7-10(19-6-13-7)5-18(3)12-9-4-14-17-11(9)15-8(2)16-12/h4,6H,5H2,1-3H3,(H,14,15,16,17). The topological polar surface area (TPSA) is 70.6 Å². The first-order valence-electron chi connectivity index (χ1n) is 5.93. The molecule has 0 aromatic carbocycles. The summed E-state index contributed by atoms with van der Waals surface area (Å²) in [6.07, 6.45) is 1.76. The van der Waals surface area contributed by atoms with E-state index in [2.05, 4.69) is 30.0 Å². The zero-order valence-electron chi connectivity index (χ0n) is 11.0. The molecule has 3 aromatic rings. The lowest BCUT2D eigenvalue weighted by molar-refractivity contribution is 0.893. The minimum atomic E-state index is 0.736. The maximum absolute atomic E-state index is 4.52. The number of aromatic amines is 1. The van der Waals surface area contributed by atoms with Gasteiger partial charge in [0.1, 0.15) is 11.6 Å². The number of aryl methyl sites for hydroxylation is 2. The van der Waals surface area contributed by atoms with Gasteiger partial charge in [-0.25, -0.2) is 15.0 Å². The van der Waals surface area contributed by atoms with Crippen LogP contribution in [-0.2, 0) is 6.54 Å². The van der Waals surface area contributed by atoms with Gasteiger partial charge in [0.05, 0.1) is 29.3 Å². The van der Waals surface area contributed by atoms with E-state index in [4.69, 9.17) is 0 Å². The Morgan fingerprint density at radius 2 is 2.16 bits per heavy atom. The fourth-order valence-electron chi connectivity index (χ4n) is 1.99. The molecule has 3 rings (SSSR count). The molecule has 3 heterocycles. The highest BCUT2D eigenvalue weighted by molar-refractivity contribution is 7.09. The number of anilines is 1. The Balaban J connectivity index is 1.99. The molecular weight excluding hydrogens is 260 g/mol. The van der Waals surface area contributed by atoms with Crippen molar-refractivity contribution in [2.75, 3.05) is 11.9 Å². The highest BCUT2D eigenvalue weighted by Crippen LogP contribution is 2.24. The molecule has 0 fully saturated rings. The van der Waals surface area contributed by atoms with Gasteiger partial charge < -0.3 is 4.90 Å². The monoisotopic (exact) mass is 274 g/mol. The van der Waals surface area contributed by atoms with Crippen LogP contribution in [0.15, 0.2) is 11.7 Å². The van der Waals surface area contributed by atoms with Crippen LogP contribution in [0.3, 0.4) is 0 Å². The minimum absolute atomic E-state index is 0.736. The average Bonchev–Trinajstić information content (AvgIpc) is 2.98. The minimum Gasteiger partial charge on any atom is -0.354 e. The van der Waals surface area contributed by atoms with Crippen molar-refractivity contribution in [2.24, 2.45) is 0 Å². The molecule has 0 spiro atoms. The number of nitrogens with one attached hydrogen (secondary N) is 1. The van der Waals surface area contributed by atoms with Crippen LogP contribution in [0.1, 0.15) is 16.4 Å². The van der Waals surface area contributed by atoms with Crippen LogP contribution in [0, 0.1) is 13.8 Å². The van der Waals surface area contributed by atoms with Crippen LogP contribution in [0.5, 0.6) is 0 Å². The van der Waals surface area contributed by atoms with E-state index in [0.29, 0.717) is 0 Å². The molecule has 0 aliphatic heterocycles. The Labute approximate surface area is 114 Å². The molecular formula is C12H14N6S. The number of thiazole rings is 1. The first kappa shape index (κ1) is 12.0. The van der Waals surface area contributed by atoms with E-state index in [-0.39, 0.29) is 0 Å². The van der Waals surface area contributed by atoms with Crippen molar-refractivity contribution in [1.82, 2.24) is 25.1 Å². The van der Waals surface area contributed by atoms with Crippen molar-refractivity contribution >= 4 is 28.2 Å². The quantitative estimate of drug-likeness (QED) is 0.791. The van der Waals surface area contributed by atoms with E-state index < -0.39 is 0 Å². The van der Waals surface area contributed by atoms with Gasteiger partial charge in [-0.3, -0.25) is 5.10 Å². The van der Waals surface area contributed by atoms with Gasteiger partial charge in [-0.05, 0) is 13.8 Å². The molecule has 0 amide bonds. The van der Waals surface area contributed by atoms with E-state index in [0.717, 1.165) is 34.9 Å². The highest BCUT2D eigenvalue weighted by Gasteiger charge is 2.13. The summed E-state index contributed by atoms with van der Waals surface area (Å²) < 4.78 is 0. The van der Waals surface area contributed by atoms with Crippen LogP contribution >= 0.6 is 11.3 Å². The molecule has 0 atom stereocenters. The Bertz CT molecular complexity index is 716. The molecule has 0 saturated heterocycles. The number of hydrogen-bond donors (Lipinski definition) is 1. The molecule has 3 aromatic heterocycles. The summed E-state index contributed by atoms with van der Waals surface area (Å²) >= 11 is 1.66. The summed E-state index contributed by atoms with van der Waals surface area (Å²) in [5, 5.41) is 7.86. The molecule has 0 radical (unpaired) electrons. The van der Waals surface area contributed by atoms with Crippen LogP contribution in [-0.4, -0.2) is 32.2 Å². The summed E-state index contributed by atoms with van der Waals surface area (Å²) in [7, 11) is 2.02. The summed E-state index contributed by atoms with van der Waals surface area (Å²) in [5.41, 5.74) is 3.72. The van der Waals surface area contributed by atoms with Gasteiger partial charge in [0.25, 0.3) is 0 Å². The van der Waals surface area contributed by atoms with E-state index in [1.165, 1.54) is 4.88 Å². The lowest BCUT2D eigenvalue weighted by Crippen LogP contribution is -2.18. The SMILES string of the molecule is Cc1nc(N(C)Cc2scnc2C)c2cn[nH]c2n1. The molecule has 19 heavy (non-hydrogen) atoms. The molecule has 1 N–H and O–H groups in total. The normalized spacial score (nSPS) is 11.1. The number of fused-ring (bicyclic) bond motifs is 1. The largest absolute Gasteiger partial charge is 0.354 e. The van der Waals surface area contributed by atoms with Gasteiger partial charge in [0.2, 0.25) is 0 Å². The second-order valence-corrected chi connectivity index (χ2v) is 5.38. The van der Waals surface area contributed by atoms with Crippen LogP contribution in [0.25, 0.3) is 11.0 Å². The third-order valence-corrected chi connectivity index (χ3v) is 3.91. The third-order valence-electron chi connectivity index (χ3n) is 2.99. The second-order valence-electron chi connectivity index (χ2n) is 4.44. The smallest absolute Gasteiger partial charge is 0.161 e. The Morgan fingerprint density at radius 1 is 1.32 bits per heavy atom. The van der Waals surface area contributed by atoms with Crippen molar-refractivity contribution in [1.29, 1.82) is 0 Å². The number of nitrogens with zero attached hydrogens (tertiary/aromatic N) is 5. The van der Waals surface area contributed by atoms with E-state index in [1.807, 2.05) is 26.4 Å². The number of hydrogen-bond acceptors (Lipinski definition) is 6. The molecule has 98 valence electrons. The predicted octanol–water partition coefficient (Wildman–Crippen LogP) is 2.06. The first-order valence-corrected chi connectivity index (χ1v) is 6.81. The highest BCUT2D eigenvalue weighted by atomic mass is 32.1. The average molecular weight is 274 g/mol.